The largest absolute Gasteiger partial charge is 0.481 e. The number of rotatable bonds is 8. The molecule has 1 aliphatic rings. The maximum Gasteiger partial charge on any atom is 0.307 e. The predicted molar refractivity (Wildman–Crippen MR) is 82.3 cm³/mol. The van der Waals surface area contributed by atoms with Crippen molar-refractivity contribution in [3.8, 4) is 0 Å². The Kier molecular flexibility index (Phi) is 6.70. The van der Waals surface area contributed by atoms with Crippen molar-refractivity contribution in [2.75, 3.05) is 13.2 Å². The van der Waals surface area contributed by atoms with Crippen molar-refractivity contribution in [2.24, 2.45) is 0 Å². The molecule has 1 fully saturated rings. The first-order valence-corrected chi connectivity index (χ1v) is 7.86. The van der Waals surface area contributed by atoms with Gasteiger partial charge in [-0.1, -0.05) is 43.5 Å². The van der Waals surface area contributed by atoms with Crippen LogP contribution in [-0.4, -0.2) is 30.3 Å². The molecule has 0 amide bonds. The Hall–Kier alpha value is -1.39. The van der Waals surface area contributed by atoms with Crippen LogP contribution in [0.5, 0.6) is 0 Å². The smallest absolute Gasteiger partial charge is 0.307 e. The van der Waals surface area contributed by atoms with Crippen LogP contribution >= 0.6 is 0 Å². The van der Waals surface area contributed by atoms with Crippen LogP contribution < -0.4 is 5.32 Å². The fourth-order valence-corrected chi connectivity index (χ4v) is 2.82. The fraction of sp³-hybridized carbons (Fsp3) is 0.588. The lowest BCUT2D eigenvalue weighted by molar-refractivity contribution is -0.136. The van der Waals surface area contributed by atoms with E-state index in [9.17, 15) is 4.79 Å². The molecular weight excluding hydrogens is 266 g/mol. The average molecular weight is 291 g/mol. The molecule has 21 heavy (non-hydrogen) atoms. The van der Waals surface area contributed by atoms with E-state index in [0.29, 0.717) is 12.6 Å². The van der Waals surface area contributed by atoms with Crippen LogP contribution in [0, 0.1) is 0 Å². The molecule has 4 nitrogen and oxygen atoms in total. The van der Waals surface area contributed by atoms with Crippen molar-refractivity contribution in [3.05, 3.63) is 35.4 Å². The molecule has 0 spiro atoms. The van der Waals surface area contributed by atoms with Crippen LogP contribution in [0.2, 0.25) is 0 Å². The van der Waals surface area contributed by atoms with E-state index in [1.54, 1.807) is 0 Å². The third-order valence-corrected chi connectivity index (χ3v) is 3.96. The highest BCUT2D eigenvalue weighted by atomic mass is 16.5. The van der Waals surface area contributed by atoms with Crippen molar-refractivity contribution in [1.29, 1.82) is 0 Å². The van der Waals surface area contributed by atoms with Gasteiger partial charge in [-0.2, -0.15) is 0 Å². The summed E-state index contributed by atoms with van der Waals surface area (Å²) in [6.07, 6.45) is 6.85. The molecule has 1 aromatic rings. The quantitative estimate of drug-likeness (QED) is 0.723. The number of carboxylic acid groups (broad SMARTS) is 1. The number of carbonyl (C=O) groups is 1. The number of hydrogen-bond acceptors (Lipinski definition) is 3. The third kappa shape index (κ3) is 5.86. The van der Waals surface area contributed by atoms with Crippen molar-refractivity contribution < 1.29 is 14.6 Å². The van der Waals surface area contributed by atoms with Crippen LogP contribution in [0.25, 0.3) is 0 Å². The Morgan fingerprint density at radius 3 is 2.62 bits per heavy atom. The molecule has 4 heteroatoms. The second-order valence-corrected chi connectivity index (χ2v) is 5.65. The lowest BCUT2D eigenvalue weighted by atomic mass is 9.98. The van der Waals surface area contributed by atoms with E-state index < -0.39 is 5.97 Å². The molecule has 2 N–H and O–H groups in total. The molecule has 1 aliphatic carbocycles. The first-order chi connectivity index (χ1) is 10.3. The maximum absolute atomic E-state index is 10.8. The van der Waals surface area contributed by atoms with Crippen LogP contribution in [0.4, 0.5) is 0 Å². The molecule has 0 aromatic heterocycles. The van der Waals surface area contributed by atoms with Gasteiger partial charge in [0, 0.05) is 13.1 Å². The zero-order chi connectivity index (χ0) is 14.9. The summed E-state index contributed by atoms with van der Waals surface area (Å²) in [6.45, 7) is 2.22. The lowest BCUT2D eigenvalue weighted by Gasteiger charge is -2.22. The van der Waals surface area contributed by atoms with Gasteiger partial charge in [0.2, 0.25) is 0 Å². The zero-order valence-corrected chi connectivity index (χ0v) is 12.5. The summed E-state index contributed by atoms with van der Waals surface area (Å²) in [6, 6.07) is 7.69. The van der Waals surface area contributed by atoms with Crippen LogP contribution in [0.3, 0.4) is 0 Å². The normalized spacial score (nSPS) is 16.0. The minimum Gasteiger partial charge on any atom is -0.481 e. The van der Waals surface area contributed by atoms with Gasteiger partial charge in [-0.15, -0.1) is 0 Å². The van der Waals surface area contributed by atoms with Gasteiger partial charge in [-0.05, 0) is 24.0 Å². The molecule has 0 heterocycles. The predicted octanol–water partition coefficient (Wildman–Crippen LogP) is 2.75. The van der Waals surface area contributed by atoms with Crippen LogP contribution in [0.15, 0.2) is 24.3 Å². The number of hydrogen-bond donors (Lipinski definition) is 2. The molecule has 116 valence electrons. The number of ether oxygens (including phenoxy) is 1. The van der Waals surface area contributed by atoms with E-state index in [1.807, 2.05) is 24.3 Å². The molecule has 2 rings (SSSR count). The summed E-state index contributed by atoms with van der Waals surface area (Å²) < 4.78 is 5.86. The fourth-order valence-electron chi connectivity index (χ4n) is 2.82. The number of nitrogens with one attached hydrogen (secondary N) is 1. The Bertz CT molecular complexity index is 441. The van der Waals surface area contributed by atoms with Crippen LogP contribution in [-0.2, 0) is 22.5 Å². The van der Waals surface area contributed by atoms with Gasteiger partial charge in [0.05, 0.1) is 19.1 Å². The minimum absolute atomic E-state index is 0.0798. The van der Waals surface area contributed by atoms with Gasteiger partial charge >= 0.3 is 5.97 Å². The molecule has 0 aliphatic heterocycles. The first kappa shape index (κ1) is 16.0. The molecule has 1 aromatic carbocycles. The number of aliphatic carboxylic acids is 1. The molecule has 0 unspecified atom stereocenters. The summed E-state index contributed by atoms with van der Waals surface area (Å²) in [5.74, 6) is -0.789. The van der Waals surface area contributed by atoms with Gasteiger partial charge in [0.15, 0.2) is 0 Å². The Balaban J connectivity index is 1.67. The molecule has 0 atom stereocenters. The van der Waals surface area contributed by atoms with Crippen molar-refractivity contribution in [1.82, 2.24) is 5.32 Å². The summed E-state index contributed by atoms with van der Waals surface area (Å²) in [7, 11) is 0. The van der Waals surface area contributed by atoms with Gasteiger partial charge in [0.25, 0.3) is 0 Å². The van der Waals surface area contributed by atoms with E-state index in [-0.39, 0.29) is 6.42 Å². The Labute approximate surface area is 126 Å². The second kappa shape index (κ2) is 8.80. The number of carboxylic acids is 1. The minimum atomic E-state index is -0.789. The SMILES string of the molecule is O=C(O)Cc1ccccc1CNCCOC1CCCCC1. The first-order valence-electron chi connectivity index (χ1n) is 7.86. The highest BCUT2D eigenvalue weighted by molar-refractivity contribution is 5.70. The van der Waals surface area contributed by atoms with Crippen molar-refractivity contribution in [2.45, 2.75) is 51.2 Å². The summed E-state index contributed by atoms with van der Waals surface area (Å²) >= 11 is 0. The van der Waals surface area contributed by atoms with Crippen molar-refractivity contribution in [3.63, 3.8) is 0 Å². The lowest BCUT2D eigenvalue weighted by Crippen LogP contribution is -2.24. The second-order valence-electron chi connectivity index (χ2n) is 5.65. The van der Waals surface area contributed by atoms with Gasteiger partial charge < -0.3 is 15.2 Å². The van der Waals surface area contributed by atoms with E-state index >= 15 is 0 Å². The molecule has 1 saturated carbocycles. The molecule has 0 saturated heterocycles. The van der Waals surface area contributed by atoms with E-state index in [2.05, 4.69) is 5.32 Å². The van der Waals surface area contributed by atoms with E-state index in [4.69, 9.17) is 9.84 Å². The summed E-state index contributed by atoms with van der Waals surface area (Å²) in [5, 5.41) is 12.2. The summed E-state index contributed by atoms with van der Waals surface area (Å²) in [5.41, 5.74) is 1.93. The zero-order valence-electron chi connectivity index (χ0n) is 12.5. The standard InChI is InChI=1S/C17H25NO3/c19-17(20)12-14-6-4-5-7-15(14)13-18-10-11-21-16-8-2-1-3-9-16/h4-7,16,18H,1-3,8-13H2,(H,19,20). The van der Waals surface area contributed by atoms with Gasteiger partial charge in [-0.25, -0.2) is 0 Å². The van der Waals surface area contributed by atoms with Gasteiger partial charge in [-0.3, -0.25) is 4.79 Å². The van der Waals surface area contributed by atoms with Gasteiger partial charge in [0.1, 0.15) is 0 Å². The average Bonchev–Trinajstić information content (AvgIpc) is 2.49. The maximum atomic E-state index is 10.8. The Morgan fingerprint density at radius 2 is 1.90 bits per heavy atom. The van der Waals surface area contributed by atoms with Crippen molar-refractivity contribution >= 4 is 5.97 Å². The monoisotopic (exact) mass is 291 g/mol. The molecule has 0 radical (unpaired) electrons. The highest BCUT2D eigenvalue weighted by Crippen LogP contribution is 2.19. The van der Waals surface area contributed by atoms with Crippen LogP contribution in [0.1, 0.15) is 43.2 Å². The highest BCUT2D eigenvalue weighted by Gasteiger charge is 2.13. The number of benzene rings is 1. The van der Waals surface area contributed by atoms with E-state index in [1.165, 1.54) is 32.1 Å². The third-order valence-electron chi connectivity index (χ3n) is 3.96. The molecule has 0 bridgehead atoms. The topological polar surface area (TPSA) is 58.6 Å². The summed E-state index contributed by atoms with van der Waals surface area (Å²) in [4.78, 5) is 10.8. The van der Waals surface area contributed by atoms with E-state index in [0.717, 1.165) is 24.3 Å². The Morgan fingerprint density at radius 1 is 1.19 bits per heavy atom. The molecular formula is C17H25NO3.